The van der Waals surface area contributed by atoms with Crippen LogP contribution in [0.15, 0.2) is 21.2 Å². The van der Waals surface area contributed by atoms with Gasteiger partial charge in [-0.25, -0.2) is 4.98 Å². The molecule has 0 bridgehead atoms. The zero-order chi connectivity index (χ0) is 12.2. The molecule has 0 N–H and O–H groups in total. The highest BCUT2D eigenvalue weighted by Crippen LogP contribution is 2.25. The van der Waals surface area contributed by atoms with Gasteiger partial charge in [-0.2, -0.15) is 0 Å². The molecule has 1 rings (SSSR count). The number of rotatable bonds is 4. The minimum absolute atomic E-state index is 0.131. The second kappa shape index (κ2) is 5.98. The van der Waals surface area contributed by atoms with Gasteiger partial charge in [0.1, 0.15) is 6.61 Å². The summed E-state index contributed by atoms with van der Waals surface area (Å²) in [6.45, 7) is 7.08. The van der Waals surface area contributed by atoms with E-state index >= 15 is 0 Å². The summed E-state index contributed by atoms with van der Waals surface area (Å²) in [6, 6.07) is 1.90. The molecule has 5 heteroatoms. The maximum Gasteiger partial charge on any atom is 0.228 e. The SMILES string of the molecule is CC(C)(C)OCCOc1ncc(Br)cc1Br. The van der Waals surface area contributed by atoms with Gasteiger partial charge in [-0.3, -0.25) is 0 Å². The van der Waals surface area contributed by atoms with Gasteiger partial charge in [0.2, 0.25) is 5.88 Å². The van der Waals surface area contributed by atoms with Gasteiger partial charge in [0, 0.05) is 10.7 Å². The predicted molar refractivity (Wildman–Crippen MR) is 70.8 cm³/mol. The Labute approximate surface area is 113 Å². The second-order valence-corrected chi connectivity index (χ2v) is 6.02. The van der Waals surface area contributed by atoms with E-state index in [0.29, 0.717) is 19.1 Å². The standard InChI is InChI=1S/C11H15Br2NO2/c1-11(2,3)16-5-4-15-10-9(13)6-8(12)7-14-10/h6-7H,4-5H2,1-3H3. The molecule has 0 saturated carbocycles. The van der Waals surface area contributed by atoms with Crippen molar-refractivity contribution in [1.29, 1.82) is 0 Å². The average molecular weight is 353 g/mol. The van der Waals surface area contributed by atoms with Crippen LogP contribution in [0, 0.1) is 0 Å². The molecule has 0 atom stereocenters. The third kappa shape index (κ3) is 5.27. The molecule has 16 heavy (non-hydrogen) atoms. The van der Waals surface area contributed by atoms with Crippen molar-refractivity contribution in [3.05, 3.63) is 21.2 Å². The van der Waals surface area contributed by atoms with Crippen LogP contribution < -0.4 is 4.74 Å². The van der Waals surface area contributed by atoms with E-state index < -0.39 is 0 Å². The maximum absolute atomic E-state index is 5.54. The van der Waals surface area contributed by atoms with Crippen LogP contribution in [-0.4, -0.2) is 23.8 Å². The van der Waals surface area contributed by atoms with Crippen molar-refractivity contribution in [3.8, 4) is 5.88 Å². The molecular weight excluding hydrogens is 338 g/mol. The molecule has 0 unspecified atom stereocenters. The summed E-state index contributed by atoms with van der Waals surface area (Å²) >= 11 is 6.71. The highest BCUT2D eigenvalue weighted by Gasteiger charge is 2.10. The largest absolute Gasteiger partial charge is 0.474 e. The Morgan fingerprint density at radius 2 is 1.94 bits per heavy atom. The lowest BCUT2D eigenvalue weighted by Crippen LogP contribution is -2.22. The molecule has 0 aliphatic carbocycles. The van der Waals surface area contributed by atoms with E-state index in [0.717, 1.165) is 8.95 Å². The number of halogens is 2. The Hall–Kier alpha value is -0.130. The smallest absolute Gasteiger partial charge is 0.228 e. The van der Waals surface area contributed by atoms with Crippen LogP contribution in [0.5, 0.6) is 5.88 Å². The Balaban J connectivity index is 2.38. The molecule has 1 aromatic heterocycles. The number of ether oxygens (including phenoxy) is 2. The number of pyridine rings is 1. The van der Waals surface area contributed by atoms with Crippen LogP contribution in [0.4, 0.5) is 0 Å². The molecule has 90 valence electrons. The molecule has 0 radical (unpaired) electrons. The molecule has 0 aromatic carbocycles. The predicted octanol–water partition coefficient (Wildman–Crippen LogP) is 3.80. The quantitative estimate of drug-likeness (QED) is 0.772. The monoisotopic (exact) mass is 351 g/mol. The van der Waals surface area contributed by atoms with E-state index in [9.17, 15) is 0 Å². The van der Waals surface area contributed by atoms with Gasteiger partial charge >= 0.3 is 0 Å². The molecule has 1 aromatic rings. The summed E-state index contributed by atoms with van der Waals surface area (Å²) in [4.78, 5) is 4.14. The number of aromatic nitrogens is 1. The molecule has 0 amide bonds. The van der Waals surface area contributed by atoms with E-state index in [2.05, 4.69) is 36.8 Å². The van der Waals surface area contributed by atoms with Crippen molar-refractivity contribution in [2.75, 3.05) is 13.2 Å². The first kappa shape index (κ1) is 13.9. The molecule has 0 spiro atoms. The van der Waals surface area contributed by atoms with Gasteiger partial charge in [0.05, 0.1) is 16.7 Å². The van der Waals surface area contributed by atoms with E-state index in [1.807, 2.05) is 26.8 Å². The maximum atomic E-state index is 5.54. The first-order valence-corrected chi connectivity index (χ1v) is 6.55. The van der Waals surface area contributed by atoms with Crippen molar-refractivity contribution in [1.82, 2.24) is 4.98 Å². The van der Waals surface area contributed by atoms with E-state index in [1.54, 1.807) is 6.20 Å². The van der Waals surface area contributed by atoms with E-state index in [4.69, 9.17) is 9.47 Å². The Morgan fingerprint density at radius 1 is 1.25 bits per heavy atom. The molecule has 0 saturated heterocycles. The fourth-order valence-electron chi connectivity index (χ4n) is 0.994. The van der Waals surface area contributed by atoms with Crippen molar-refractivity contribution >= 4 is 31.9 Å². The van der Waals surface area contributed by atoms with Crippen molar-refractivity contribution in [2.45, 2.75) is 26.4 Å². The normalized spacial score (nSPS) is 11.6. The molecule has 1 heterocycles. The first-order valence-electron chi connectivity index (χ1n) is 4.96. The Kier molecular flexibility index (Phi) is 5.21. The van der Waals surface area contributed by atoms with Crippen molar-refractivity contribution < 1.29 is 9.47 Å². The van der Waals surface area contributed by atoms with Gasteiger partial charge in [-0.1, -0.05) is 0 Å². The Bertz CT molecular complexity index is 350. The summed E-state index contributed by atoms with van der Waals surface area (Å²) < 4.78 is 12.8. The van der Waals surface area contributed by atoms with Gasteiger partial charge in [-0.05, 0) is 58.7 Å². The third-order valence-corrected chi connectivity index (χ3v) is 2.63. The number of hydrogen-bond acceptors (Lipinski definition) is 3. The highest BCUT2D eigenvalue weighted by atomic mass is 79.9. The van der Waals surface area contributed by atoms with Gasteiger partial charge in [0.15, 0.2) is 0 Å². The van der Waals surface area contributed by atoms with E-state index in [1.165, 1.54) is 0 Å². The van der Waals surface area contributed by atoms with Crippen LogP contribution in [0.3, 0.4) is 0 Å². The van der Waals surface area contributed by atoms with Crippen molar-refractivity contribution in [3.63, 3.8) is 0 Å². The number of hydrogen-bond donors (Lipinski definition) is 0. The van der Waals surface area contributed by atoms with E-state index in [-0.39, 0.29) is 5.60 Å². The molecular formula is C11H15Br2NO2. The number of nitrogens with zero attached hydrogens (tertiary/aromatic N) is 1. The lowest BCUT2D eigenvalue weighted by Gasteiger charge is -2.19. The minimum atomic E-state index is -0.131. The van der Waals surface area contributed by atoms with Gasteiger partial charge < -0.3 is 9.47 Å². The second-order valence-electron chi connectivity index (χ2n) is 4.25. The molecule has 3 nitrogen and oxygen atoms in total. The summed E-state index contributed by atoms with van der Waals surface area (Å²) in [5, 5.41) is 0. The minimum Gasteiger partial charge on any atom is -0.474 e. The lowest BCUT2D eigenvalue weighted by molar-refractivity contribution is -0.0169. The average Bonchev–Trinajstić information content (AvgIpc) is 2.13. The highest BCUT2D eigenvalue weighted by molar-refractivity contribution is 9.11. The first-order chi connectivity index (χ1) is 7.38. The lowest BCUT2D eigenvalue weighted by atomic mass is 10.2. The molecule has 0 fully saturated rings. The zero-order valence-corrected chi connectivity index (χ0v) is 12.8. The van der Waals surface area contributed by atoms with Crippen LogP contribution >= 0.6 is 31.9 Å². The Morgan fingerprint density at radius 3 is 2.50 bits per heavy atom. The fraction of sp³-hybridized carbons (Fsp3) is 0.545. The fourth-order valence-corrected chi connectivity index (χ4v) is 2.10. The van der Waals surface area contributed by atoms with Gasteiger partial charge in [-0.15, -0.1) is 0 Å². The van der Waals surface area contributed by atoms with Crippen LogP contribution in [0.1, 0.15) is 20.8 Å². The van der Waals surface area contributed by atoms with Gasteiger partial charge in [0.25, 0.3) is 0 Å². The van der Waals surface area contributed by atoms with Crippen molar-refractivity contribution in [2.24, 2.45) is 0 Å². The third-order valence-electron chi connectivity index (χ3n) is 1.63. The summed E-state index contributed by atoms with van der Waals surface area (Å²) in [6.07, 6.45) is 1.70. The van der Waals surface area contributed by atoms with Crippen LogP contribution in [-0.2, 0) is 4.74 Å². The van der Waals surface area contributed by atoms with Crippen LogP contribution in [0.2, 0.25) is 0 Å². The topological polar surface area (TPSA) is 31.4 Å². The summed E-state index contributed by atoms with van der Waals surface area (Å²) in [7, 11) is 0. The molecule has 0 aliphatic rings. The summed E-state index contributed by atoms with van der Waals surface area (Å²) in [5.74, 6) is 0.584. The summed E-state index contributed by atoms with van der Waals surface area (Å²) in [5.41, 5.74) is -0.131. The zero-order valence-electron chi connectivity index (χ0n) is 9.59. The molecule has 0 aliphatic heterocycles. The van der Waals surface area contributed by atoms with Crippen LogP contribution in [0.25, 0.3) is 0 Å².